The summed E-state index contributed by atoms with van der Waals surface area (Å²) in [6.07, 6.45) is 1.82. The number of carbonyl (C=O) groups excluding carboxylic acids is 1. The van der Waals surface area contributed by atoms with Crippen LogP contribution in [0, 0.1) is 10.1 Å². The van der Waals surface area contributed by atoms with Gasteiger partial charge in [0, 0.05) is 25.1 Å². The van der Waals surface area contributed by atoms with Gasteiger partial charge in [-0.1, -0.05) is 0 Å². The molecule has 2 heterocycles. The first-order chi connectivity index (χ1) is 7.66. The van der Waals surface area contributed by atoms with Crippen LogP contribution in [-0.2, 0) is 17.6 Å². The van der Waals surface area contributed by atoms with Crippen LogP contribution in [0.5, 0.6) is 0 Å². The van der Waals surface area contributed by atoms with Gasteiger partial charge in [-0.05, 0) is 24.0 Å². The molecule has 0 unspecified atom stereocenters. The van der Waals surface area contributed by atoms with Gasteiger partial charge in [0.1, 0.15) is 0 Å². The average Bonchev–Trinajstić information content (AvgIpc) is 2.68. The Kier molecular flexibility index (Phi) is 1.77. The van der Waals surface area contributed by atoms with Crippen LogP contribution in [0.1, 0.15) is 17.5 Å². The molecule has 5 nitrogen and oxygen atoms in total. The fourth-order valence-electron chi connectivity index (χ4n) is 2.54. The summed E-state index contributed by atoms with van der Waals surface area (Å²) < 4.78 is 0. The molecule has 5 heteroatoms. The Labute approximate surface area is 91.8 Å². The minimum Gasteiger partial charge on any atom is -0.312 e. The zero-order chi connectivity index (χ0) is 11.3. The summed E-state index contributed by atoms with van der Waals surface area (Å²) in [5.74, 6) is 0.139. The maximum absolute atomic E-state index is 11.6. The lowest BCUT2D eigenvalue weighted by Gasteiger charge is -2.24. The third-order valence-corrected chi connectivity index (χ3v) is 3.25. The Morgan fingerprint density at radius 3 is 2.56 bits per heavy atom. The molecule has 0 saturated heterocycles. The third-order valence-electron chi connectivity index (χ3n) is 3.25. The molecule has 82 valence electrons. The Morgan fingerprint density at radius 1 is 1.19 bits per heavy atom. The van der Waals surface area contributed by atoms with Crippen molar-refractivity contribution in [1.29, 1.82) is 0 Å². The number of hydrogen-bond acceptors (Lipinski definition) is 3. The molecule has 2 aliphatic heterocycles. The Hall–Kier alpha value is -1.91. The Bertz CT molecular complexity index is 510. The summed E-state index contributed by atoms with van der Waals surface area (Å²) in [6, 6.07) is 3.20. The predicted octanol–water partition coefficient (Wildman–Crippen LogP) is 1.43. The topological polar surface area (TPSA) is 63.4 Å². The average molecular weight is 218 g/mol. The van der Waals surface area contributed by atoms with E-state index in [2.05, 4.69) is 0 Å². The van der Waals surface area contributed by atoms with Gasteiger partial charge in [-0.25, -0.2) is 0 Å². The van der Waals surface area contributed by atoms with Crippen LogP contribution in [0.4, 0.5) is 11.4 Å². The quantitative estimate of drug-likeness (QED) is 0.529. The van der Waals surface area contributed by atoms with E-state index in [0.29, 0.717) is 19.4 Å². The summed E-state index contributed by atoms with van der Waals surface area (Å²) in [5, 5.41) is 10.8. The first-order valence-corrected chi connectivity index (χ1v) is 5.27. The molecule has 0 N–H and O–H groups in total. The molecule has 1 amide bonds. The second kappa shape index (κ2) is 3.04. The summed E-state index contributed by atoms with van der Waals surface area (Å²) >= 11 is 0. The molecule has 0 bridgehead atoms. The summed E-state index contributed by atoms with van der Waals surface area (Å²) in [7, 11) is 0. The van der Waals surface area contributed by atoms with Crippen LogP contribution < -0.4 is 4.90 Å². The SMILES string of the molecule is O=C1CCc2cc([N+](=O)[O-])cc3c2N1CC3. The molecule has 0 fully saturated rings. The number of benzene rings is 1. The largest absolute Gasteiger partial charge is 0.312 e. The number of non-ortho nitro benzene ring substituents is 1. The van der Waals surface area contributed by atoms with Gasteiger partial charge < -0.3 is 4.90 Å². The van der Waals surface area contributed by atoms with Crippen molar-refractivity contribution < 1.29 is 9.72 Å². The molecule has 0 saturated carbocycles. The number of nitrogens with zero attached hydrogens (tertiary/aromatic N) is 2. The van der Waals surface area contributed by atoms with Crippen LogP contribution in [-0.4, -0.2) is 17.4 Å². The van der Waals surface area contributed by atoms with E-state index in [1.54, 1.807) is 17.0 Å². The van der Waals surface area contributed by atoms with Gasteiger partial charge in [-0.3, -0.25) is 14.9 Å². The molecule has 3 rings (SSSR count). The molecule has 0 atom stereocenters. The van der Waals surface area contributed by atoms with Gasteiger partial charge >= 0.3 is 0 Å². The second-order valence-electron chi connectivity index (χ2n) is 4.17. The van der Waals surface area contributed by atoms with Crippen LogP contribution in [0.2, 0.25) is 0 Å². The van der Waals surface area contributed by atoms with Gasteiger partial charge in [0.05, 0.1) is 10.6 Å². The summed E-state index contributed by atoms with van der Waals surface area (Å²) in [5.41, 5.74) is 2.96. The third kappa shape index (κ3) is 1.14. The van der Waals surface area contributed by atoms with Crippen molar-refractivity contribution in [3.8, 4) is 0 Å². The minimum atomic E-state index is -0.365. The molecular formula is C11H10N2O3. The van der Waals surface area contributed by atoms with Crippen LogP contribution in [0.3, 0.4) is 0 Å². The van der Waals surface area contributed by atoms with Crippen molar-refractivity contribution in [1.82, 2.24) is 0 Å². The molecular weight excluding hydrogens is 208 g/mol. The molecule has 1 aromatic rings. The monoisotopic (exact) mass is 218 g/mol. The van der Waals surface area contributed by atoms with E-state index in [9.17, 15) is 14.9 Å². The highest BCUT2D eigenvalue weighted by atomic mass is 16.6. The van der Waals surface area contributed by atoms with Crippen molar-refractivity contribution >= 4 is 17.3 Å². The van der Waals surface area contributed by atoms with E-state index in [1.807, 2.05) is 0 Å². The standard InChI is InChI=1S/C11H10N2O3/c14-10-2-1-7-5-9(13(15)16)6-8-3-4-12(10)11(7)8/h5-6H,1-4H2. The molecule has 0 aromatic heterocycles. The van der Waals surface area contributed by atoms with Crippen molar-refractivity contribution in [2.75, 3.05) is 11.4 Å². The zero-order valence-electron chi connectivity index (χ0n) is 8.60. The zero-order valence-corrected chi connectivity index (χ0v) is 8.60. The second-order valence-corrected chi connectivity index (χ2v) is 4.17. The number of carbonyl (C=O) groups is 1. The van der Waals surface area contributed by atoms with Crippen molar-refractivity contribution in [3.63, 3.8) is 0 Å². The van der Waals surface area contributed by atoms with E-state index in [1.165, 1.54) is 0 Å². The first-order valence-electron chi connectivity index (χ1n) is 5.27. The fraction of sp³-hybridized carbons (Fsp3) is 0.364. The maximum Gasteiger partial charge on any atom is 0.270 e. The number of nitro benzene ring substituents is 1. The summed E-state index contributed by atoms with van der Waals surface area (Å²) in [4.78, 5) is 23.8. The number of rotatable bonds is 1. The van der Waals surface area contributed by atoms with Crippen molar-refractivity contribution in [2.24, 2.45) is 0 Å². The van der Waals surface area contributed by atoms with Crippen molar-refractivity contribution in [3.05, 3.63) is 33.4 Å². The van der Waals surface area contributed by atoms with E-state index in [4.69, 9.17) is 0 Å². The highest BCUT2D eigenvalue weighted by Crippen LogP contribution is 2.39. The highest BCUT2D eigenvalue weighted by Gasteiger charge is 2.32. The highest BCUT2D eigenvalue weighted by molar-refractivity contribution is 5.98. The lowest BCUT2D eigenvalue weighted by Crippen LogP contribution is -2.32. The molecule has 0 spiro atoms. The molecule has 2 aliphatic rings. The summed E-state index contributed by atoms with van der Waals surface area (Å²) in [6.45, 7) is 0.669. The van der Waals surface area contributed by atoms with Gasteiger partial charge in [0.25, 0.3) is 5.69 Å². The van der Waals surface area contributed by atoms with E-state index < -0.39 is 0 Å². The molecule has 1 aromatic carbocycles. The Balaban J connectivity index is 2.20. The number of aryl methyl sites for hydroxylation is 1. The first kappa shape index (κ1) is 9.33. The van der Waals surface area contributed by atoms with E-state index in [0.717, 1.165) is 23.2 Å². The lowest BCUT2D eigenvalue weighted by molar-refractivity contribution is -0.385. The van der Waals surface area contributed by atoms with Gasteiger partial charge in [-0.2, -0.15) is 0 Å². The van der Waals surface area contributed by atoms with Crippen LogP contribution >= 0.6 is 0 Å². The van der Waals surface area contributed by atoms with E-state index >= 15 is 0 Å². The predicted molar refractivity (Wildman–Crippen MR) is 57.5 cm³/mol. The minimum absolute atomic E-state index is 0.139. The van der Waals surface area contributed by atoms with Gasteiger partial charge in [0.2, 0.25) is 5.91 Å². The van der Waals surface area contributed by atoms with Crippen LogP contribution in [0.25, 0.3) is 0 Å². The van der Waals surface area contributed by atoms with Crippen LogP contribution in [0.15, 0.2) is 12.1 Å². The van der Waals surface area contributed by atoms with E-state index in [-0.39, 0.29) is 16.5 Å². The number of hydrogen-bond donors (Lipinski definition) is 0. The molecule has 0 aliphatic carbocycles. The maximum atomic E-state index is 11.6. The number of nitro groups is 1. The fourth-order valence-corrected chi connectivity index (χ4v) is 2.54. The lowest BCUT2D eigenvalue weighted by atomic mass is 9.99. The van der Waals surface area contributed by atoms with Gasteiger partial charge in [0.15, 0.2) is 0 Å². The smallest absolute Gasteiger partial charge is 0.270 e. The Morgan fingerprint density at radius 2 is 1.88 bits per heavy atom. The van der Waals surface area contributed by atoms with Gasteiger partial charge in [-0.15, -0.1) is 0 Å². The molecule has 16 heavy (non-hydrogen) atoms. The van der Waals surface area contributed by atoms with Crippen molar-refractivity contribution in [2.45, 2.75) is 19.3 Å². The molecule has 0 radical (unpaired) electrons. The number of anilines is 1. The number of amides is 1. The normalized spacial score (nSPS) is 17.5.